The number of amides is 1. The van der Waals surface area contributed by atoms with Gasteiger partial charge in [0, 0.05) is 24.3 Å². The summed E-state index contributed by atoms with van der Waals surface area (Å²) in [5.41, 5.74) is 0.846. The van der Waals surface area contributed by atoms with Crippen molar-refractivity contribution in [1.82, 2.24) is 14.9 Å². The first-order chi connectivity index (χ1) is 10.8. The molecule has 2 aliphatic rings. The highest BCUT2D eigenvalue weighted by Crippen LogP contribution is 2.42. The van der Waals surface area contributed by atoms with Crippen molar-refractivity contribution >= 4 is 17.2 Å². The predicted octanol–water partition coefficient (Wildman–Crippen LogP) is 2.80. The molecule has 5 heteroatoms. The average Bonchev–Trinajstić information content (AvgIpc) is 3.27. The van der Waals surface area contributed by atoms with E-state index in [0.29, 0.717) is 18.3 Å². The van der Waals surface area contributed by atoms with E-state index in [1.807, 2.05) is 34.5 Å². The number of carbonyl (C=O) groups excluding carboxylic acids is 1. The number of hydrogen-bond acceptors (Lipinski definition) is 3. The Morgan fingerprint density at radius 1 is 1.32 bits per heavy atom. The quantitative estimate of drug-likeness (QED) is 0.863. The Bertz CT molecular complexity index is 689. The molecule has 0 saturated heterocycles. The van der Waals surface area contributed by atoms with Crippen molar-refractivity contribution < 1.29 is 4.79 Å². The lowest BCUT2D eigenvalue weighted by molar-refractivity contribution is -0.120. The van der Waals surface area contributed by atoms with E-state index in [1.54, 1.807) is 11.3 Å². The minimum absolute atomic E-state index is 0.0797. The van der Waals surface area contributed by atoms with E-state index >= 15 is 0 Å². The van der Waals surface area contributed by atoms with Crippen molar-refractivity contribution in [3.63, 3.8) is 0 Å². The van der Waals surface area contributed by atoms with Gasteiger partial charge >= 0.3 is 0 Å². The van der Waals surface area contributed by atoms with Crippen LogP contribution in [0.2, 0.25) is 0 Å². The van der Waals surface area contributed by atoms with Crippen LogP contribution in [0.15, 0.2) is 42.1 Å². The van der Waals surface area contributed by atoms with Gasteiger partial charge in [-0.2, -0.15) is 0 Å². The Morgan fingerprint density at radius 3 is 2.91 bits per heavy atom. The molecule has 4 nitrogen and oxygen atoms in total. The molecule has 1 N–H and O–H groups in total. The van der Waals surface area contributed by atoms with Crippen LogP contribution >= 0.6 is 11.3 Å². The number of aromatic nitrogens is 2. The SMILES string of the molecule is O=C(Cc1csc(-n2cccc2)n1)NCC1CC2C=CC1C2. The van der Waals surface area contributed by atoms with Crippen LogP contribution in [0.4, 0.5) is 0 Å². The van der Waals surface area contributed by atoms with E-state index in [2.05, 4.69) is 22.5 Å². The van der Waals surface area contributed by atoms with Crippen LogP contribution in [0, 0.1) is 17.8 Å². The Hall–Kier alpha value is -1.88. The fraction of sp³-hybridized carbons (Fsp3) is 0.412. The number of thiazole rings is 1. The summed E-state index contributed by atoms with van der Waals surface area (Å²) >= 11 is 1.57. The molecule has 0 spiro atoms. The standard InChI is InChI=1S/C17H19N3OS/c21-16(18-10-14-8-12-3-4-13(14)7-12)9-15-11-22-17(19-15)20-5-1-2-6-20/h1-6,11-14H,7-10H2,(H,18,21). The summed E-state index contributed by atoms with van der Waals surface area (Å²) < 4.78 is 1.97. The van der Waals surface area contributed by atoms with Gasteiger partial charge in [-0.05, 0) is 42.7 Å². The lowest BCUT2D eigenvalue weighted by atomic mass is 9.93. The van der Waals surface area contributed by atoms with Crippen molar-refractivity contribution in [2.75, 3.05) is 6.54 Å². The lowest BCUT2D eigenvalue weighted by Crippen LogP contribution is -2.32. The molecule has 2 bridgehead atoms. The number of hydrogen-bond donors (Lipinski definition) is 1. The highest BCUT2D eigenvalue weighted by atomic mass is 32.1. The zero-order valence-corrected chi connectivity index (χ0v) is 13.1. The maximum Gasteiger partial charge on any atom is 0.226 e. The Labute approximate surface area is 133 Å². The zero-order valence-electron chi connectivity index (χ0n) is 12.3. The van der Waals surface area contributed by atoms with Gasteiger partial charge in [0.05, 0.1) is 12.1 Å². The lowest BCUT2D eigenvalue weighted by Gasteiger charge is -2.18. The minimum atomic E-state index is 0.0797. The number of fused-ring (bicyclic) bond motifs is 2. The molecule has 2 aromatic rings. The molecular weight excluding hydrogens is 294 g/mol. The fourth-order valence-electron chi connectivity index (χ4n) is 3.56. The van der Waals surface area contributed by atoms with E-state index in [9.17, 15) is 4.79 Å². The van der Waals surface area contributed by atoms with Gasteiger partial charge in [-0.25, -0.2) is 4.98 Å². The zero-order chi connectivity index (χ0) is 14.9. The summed E-state index contributed by atoms with van der Waals surface area (Å²) in [5, 5.41) is 5.96. The largest absolute Gasteiger partial charge is 0.355 e. The third-order valence-corrected chi connectivity index (χ3v) is 5.59. The molecule has 2 heterocycles. The van der Waals surface area contributed by atoms with Gasteiger partial charge in [0.2, 0.25) is 5.91 Å². The van der Waals surface area contributed by atoms with Crippen LogP contribution in [-0.2, 0) is 11.2 Å². The van der Waals surface area contributed by atoms with E-state index in [1.165, 1.54) is 12.8 Å². The minimum Gasteiger partial charge on any atom is -0.355 e. The van der Waals surface area contributed by atoms with E-state index in [-0.39, 0.29) is 5.91 Å². The van der Waals surface area contributed by atoms with Crippen LogP contribution in [0.5, 0.6) is 0 Å². The van der Waals surface area contributed by atoms with Crippen LogP contribution < -0.4 is 5.32 Å². The normalized spacial score (nSPS) is 25.7. The highest BCUT2D eigenvalue weighted by molar-refractivity contribution is 7.12. The van der Waals surface area contributed by atoms with Crippen LogP contribution in [0.25, 0.3) is 5.13 Å². The molecular formula is C17H19N3OS. The molecule has 0 aliphatic heterocycles. The predicted molar refractivity (Wildman–Crippen MR) is 87.0 cm³/mol. The second kappa shape index (κ2) is 5.72. The van der Waals surface area contributed by atoms with Gasteiger partial charge in [-0.3, -0.25) is 4.79 Å². The molecule has 0 aromatic carbocycles. The maximum atomic E-state index is 12.1. The third-order valence-electron chi connectivity index (χ3n) is 4.68. The highest BCUT2D eigenvalue weighted by Gasteiger charge is 2.35. The van der Waals surface area contributed by atoms with Gasteiger partial charge in [-0.1, -0.05) is 12.2 Å². The number of nitrogens with zero attached hydrogens (tertiary/aromatic N) is 2. The molecule has 1 saturated carbocycles. The summed E-state index contributed by atoms with van der Waals surface area (Å²) in [7, 11) is 0. The van der Waals surface area contributed by atoms with Gasteiger partial charge < -0.3 is 9.88 Å². The molecule has 3 unspecified atom stereocenters. The average molecular weight is 313 g/mol. The summed E-state index contributed by atoms with van der Waals surface area (Å²) in [5.74, 6) is 2.15. The smallest absolute Gasteiger partial charge is 0.226 e. The van der Waals surface area contributed by atoms with Crippen LogP contribution in [0.3, 0.4) is 0 Å². The van der Waals surface area contributed by atoms with Gasteiger partial charge in [0.25, 0.3) is 0 Å². The first kappa shape index (κ1) is 13.8. The fourth-order valence-corrected chi connectivity index (χ4v) is 4.35. The first-order valence-corrected chi connectivity index (χ1v) is 8.68. The molecule has 1 amide bonds. The topological polar surface area (TPSA) is 46.9 Å². The summed E-state index contributed by atoms with van der Waals surface area (Å²) in [6.45, 7) is 0.804. The van der Waals surface area contributed by atoms with Crippen molar-refractivity contribution in [1.29, 1.82) is 0 Å². The number of carbonyl (C=O) groups is 1. The van der Waals surface area contributed by atoms with Gasteiger partial charge in [0.1, 0.15) is 0 Å². The molecule has 1 fully saturated rings. The van der Waals surface area contributed by atoms with Crippen molar-refractivity contribution in [3.8, 4) is 5.13 Å². The van der Waals surface area contributed by atoms with Crippen molar-refractivity contribution in [2.45, 2.75) is 19.3 Å². The molecule has 0 radical (unpaired) electrons. The number of nitrogens with one attached hydrogen (secondary N) is 1. The molecule has 2 aliphatic carbocycles. The Kier molecular flexibility index (Phi) is 3.58. The summed E-state index contributed by atoms with van der Waals surface area (Å²) in [6.07, 6.45) is 11.5. The second-order valence-corrected chi connectivity index (χ2v) is 7.07. The van der Waals surface area contributed by atoms with E-state index in [4.69, 9.17) is 0 Å². The monoisotopic (exact) mass is 313 g/mol. The van der Waals surface area contributed by atoms with Crippen molar-refractivity contribution in [3.05, 3.63) is 47.8 Å². The Morgan fingerprint density at radius 2 is 2.18 bits per heavy atom. The molecule has 2 aromatic heterocycles. The first-order valence-electron chi connectivity index (χ1n) is 7.81. The third kappa shape index (κ3) is 2.73. The molecule has 22 heavy (non-hydrogen) atoms. The van der Waals surface area contributed by atoms with E-state index < -0.39 is 0 Å². The second-order valence-electron chi connectivity index (χ2n) is 6.23. The summed E-state index contributed by atoms with van der Waals surface area (Å²) in [4.78, 5) is 16.6. The number of allylic oxidation sites excluding steroid dienone is 2. The van der Waals surface area contributed by atoms with Gasteiger partial charge in [-0.15, -0.1) is 11.3 Å². The molecule has 4 rings (SSSR count). The van der Waals surface area contributed by atoms with Gasteiger partial charge in [0.15, 0.2) is 5.13 Å². The van der Waals surface area contributed by atoms with Crippen LogP contribution in [-0.4, -0.2) is 22.0 Å². The molecule has 3 atom stereocenters. The van der Waals surface area contributed by atoms with E-state index in [0.717, 1.165) is 23.3 Å². The number of rotatable bonds is 5. The molecule has 114 valence electrons. The Balaban J connectivity index is 1.30. The summed E-state index contributed by atoms with van der Waals surface area (Å²) in [6, 6.07) is 3.94. The van der Waals surface area contributed by atoms with Crippen molar-refractivity contribution in [2.24, 2.45) is 17.8 Å². The maximum absolute atomic E-state index is 12.1. The van der Waals surface area contributed by atoms with Crippen LogP contribution in [0.1, 0.15) is 18.5 Å².